The smallest absolute Gasteiger partial charge is 0.123 e. The number of rotatable bonds is 4. The van der Waals surface area contributed by atoms with E-state index in [4.69, 9.17) is 0 Å². The first-order valence-corrected chi connectivity index (χ1v) is 7.49. The van der Waals surface area contributed by atoms with Crippen LogP contribution in [0.25, 0.3) is 0 Å². The maximum absolute atomic E-state index is 13.1. The molecule has 1 fully saturated rings. The topological polar surface area (TPSA) is 18.5 Å². The van der Waals surface area contributed by atoms with Crippen LogP contribution in [-0.4, -0.2) is 56.1 Å². The van der Waals surface area contributed by atoms with Gasteiger partial charge in [0.2, 0.25) is 0 Å². The number of halogens is 1. The van der Waals surface area contributed by atoms with Gasteiger partial charge in [-0.25, -0.2) is 4.39 Å². The standard InChI is InChI=1S/C16H26FN3/c1-4-18-16(13-6-8-14(17)9-7-13)15-12-19(2)10-5-11-20(15)3/h6-9,15-16,18H,4-5,10-12H2,1-3H3. The summed E-state index contributed by atoms with van der Waals surface area (Å²) in [6.45, 7) is 6.32. The van der Waals surface area contributed by atoms with Gasteiger partial charge in [-0.3, -0.25) is 0 Å². The molecule has 1 aliphatic heterocycles. The molecule has 1 heterocycles. The molecular formula is C16H26FN3. The fourth-order valence-electron chi connectivity index (χ4n) is 3.03. The van der Waals surface area contributed by atoms with Crippen molar-refractivity contribution in [1.29, 1.82) is 0 Å². The van der Waals surface area contributed by atoms with Crippen LogP contribution in [0.2, 0.25) is 0 Å². The summed E-state index contributed by atoms with van der Waals surface area (Å²) < 4.78 is 13.1. The molecule has 4 heteroatoms. The lowest BCUT2D eigenvalue weighted by Gasteiger charge is -2.35. The largest absolute Gasteiger partial charge is 0.309 e. The summed E-state index contributed by atoms with van der Waals surface area (Å²) in [5, 5.41) is 3.58. The maximum atomic E-state index is 13.1. The molecule has 0 spiro atoms. The van der Waals surface area contributed by atoms with E-state index in [1.165, 1.54) is 12.0 Å². The third kappa shape index (κ3) is 3.78. The second kappa shape index (κ2) is 7.16. The van der Waals surface area contributed by atoms with Crippen molar-refractivity contribution in [2.24, 2.45) is 0 Å². The molecule has 2 atom stereocenters. The van der Waals surface area contributed by atoms with Gasteiger partial charge in [-0.2, -0.15) is 0 Å². The zero-order chi connectivity index (χ0) is 14.5. The molecule has 0 radical (unpaired) electrons. The van der Waals surface area contributed by atoms with Gasteiger partial charge in [-0.05, 0) is 57.8 Å². The molecule has 1 saturated heterocycles. The molecule has 20 heavy (non-hydrogen) atoms. The van der Waals surface area contributed by atoms with Crippen LogP contribution < -0.4 is 5.32 Å². The molecule has 0 saturated carbocycles. The van der Waals surface area contributed by atoms with Gasteiger partial charge in [0.05, 0.1) is 0 Å². The summed E-state index contributed by atoms with van der Waals surface area (Å²) in [7, 11) is 4.37. The van der Waals surface area contributed by atoms with Crippen LogP contribution >= 0.6 is 0 Å². The van der Waals surface area contributed by atoms with E-state index in [-0.39, 0.29) is 11.9 Å². The van der Waals surface area contributed by atoms with Crippen LogP contribution in [0.15, 0.2) is 24.3 Å². The lowest BCUT2D eigenvalue weighted by molar-refractivity contribution is 0.179. The Bertz CT molecular complexity index is 407. The van der Waals surface area contributed by atoms with Crippen molar-refractivity contribution >= 4 is 0 Å². The average molecular weight is 279 g/mol. The lowest BCUT2D eigenvalue weighted by Crippen LogP contribution is -2.47. The Hall–Kier alpha value is -0.970. The van der Waals surface area contributed by atoms with E-state index >= 15 is 0 Å². The summed E-state index contributed by atoms with van der Waals surface area (Å²) >= 11 is 0. The SMILES string of the molecule is CCNC(c1ccc(F)cc1)C1CN(C)CCCN1C. The minimum atomic E-state index is -0.171. The Morgan fingerprint density at radius 2 is 1.95 bits per heavy atom. The number of benzene rings is 1. The zero-order valence-corrected chi connectivity index (χ0v) is 12.8. The van der Waals surface area contributed by atoms with E-state index in [1.807, 2.05) is 12.1 Å². The van der Waals surface area contributed by atoms with Crippen molar-refractivity contribution < 1.29 is 4.39 Å². The van der Waals surface area contributed by atoms with Gasteiger partial charge >= 0.3 is 0 Å². The summed E-state index contributed by atoms with van der Waals surface area (Å²) in [6, 6.07) is 7.57. The van der Waals surface area contributed by atoms with Crippen LogP contribution in [0, 0.1) is 5.82 Å². The lowest BCUT2D eigenvalue weighted by atomic mass is 9.97. The molecule has 1 aliphatic rings. The van der Waals surface area contributed by atoms with E-state index < -0.39 is 0 Å². The first-order valence-electron chi connectivity index (χ1n) is 7.49. The van der Waals surface area contributed by atoms with Gasteiger partial charge in [0.25, 0.3) is 0 Å². The number of hydrogen-bond acceptors (Lipinski definition) is 3. The monoisotopic (exact) mass is 279 g/mol. The van der Waals surface area contributed by atoms with Crippen molar-refractivity contribution in [1.82, 2.24) is 15.1 Å². The van der Waals surface area contributed by atoms with E-state index in [9.17, 15) is 4.39 Å². The maximum Gasteiger partial charge on any atom is 0.123 e. The molecule has 1 N–H and O–H groups in total. The molecule has 0 amide bonds. The van der Waals surface area contributed by atoms with Gasteiger partial charge in [-0.15, -0.1) is 0 Å². The normalized spacial score (nSPS) is 23.5. The quantitative estimate of drug-likeness (QED) is 0.911. The molecular weight excluding hydrogens is 253 g/mol. The summed E-state index contributed by atoms with van der Waals surface area (Å²) in [4.78, 5) is 4.82. The third-order valence-corrected chi connectivity index (χ3v) is 4.15. The highest BCUT2D eigenvalue weighted by molar-refractivity contribution is 5.22. The van der Waals surface area contributed by atoms with Crippen LogP contribution in [-0.2, 0) is 0 Å². The molecule has 0 bridgehead atoms. The van der Waals surface area contributed by atoms with Crippen LogP contribution in [0.1, 0.15) is 24.9 Å². The predicted molar refractivity (Wildman–Crippen MR) is 81.3 cm³/mol. The Labute approximate surface area is 121 Å². The number of hydrogen-bond donors (Lipinski definition) is 1. The fraction of sp³-hybridized carbons (Fsp3) is 0.625. The second-order valence-corrected chi connectivity index (χ2v) is 5.75. The molecule has 2 rings (SSSR count). The van der Waals surface area contributed by atoms with Crippen molar-refractivity contribution in [3.63, 3.8) is 0 Å². The van der Waals surface area contributed by atoms with Crippen LogP contribution in [0.4, 0.5) is 4.39 Å². The molecule has 2 unspecified atom stereocenters. The first-order chi connectivity index (χ1) is 9.61. The second-order valence-electron chi connectivity index (χ2n) is 5.75. The van der Waals surface area contributed by atoms with Gasteiger partial charge < -0.3 is 15.1 Å². The summed E-state index contributed by atoms with van der Waals surface area (Å²) in [5.74, 6) is -0.171. The van der Waals surface area contributed by atoms with Gasteiger partial charge in [0.15, 0.2) is 0 Å². The molecule has 1 aromatic carbocycles. The van der Waals surface area contributed by atoms with E-state index in [2.05, 4.69) is 36.1 Å². The zero-order valence-electron chi connectivity index (χ0n) is 12.8. The highest BCUT2D eigenvalue weighted by Crippen LogP contribution is 2.23. The van der Waals surface area contributed by atoms with Gasteiger partial charge in [0.1, 0.15) is 5.82 Å². The number of nitrogens with one attached hydrogen (secondary N) is 1. The van der Waals surface area contributed by atoms with Crippen molar-refractivity contribution in [2.75, 3.05) is 40.3 Å². The molecule has 3 nitrogen and oxygen atoms in total. The molecule has 112 valence electrons. The van der Waals surface area contributed by atoms with Gasteiger partial charge in [-0.1, -0.05) is 19.1 Å². The average Bonchev–Trinajstić information content (AvgIpc) is 2.59. The van der Waals surface area contributed by atoms with Crippen molar-refractivity contribution in [2.45, 2.75) is 25.4 Å². The van der Waals surface area contributed by atoms with Crippen molar-refractivity contribution in [3.05, 3.63) is 35.6 Å². The predicted octanol–water partition coefficient (Wildman–Crippen LogP) is 2.11. The van der Waals surface area contributed by atoms with Crippen molar-refractivity contribution in [3.8, 4) is 0 Å². The van der Waals surface area contributed by atoms with E-state index in [0.717, 1.165) is 26.2 Å². The Kier molecular flexibility index (Phi) is 5.52. The highest BCUT2D eigenvalue weighted by Gasteiger charge is 2.29. The first kappa shape index (κ1) is 15.4. The summed E-state index contributed by atoms with van der Waals surface area (Å²) in [5.41, 5.74) is 1.17. The van der Waals surface area contributed by atoms with E-state index in [0.29, 0.717) is 6.04 Å². The molecule has 1 aromatic rings. The Morgan fingerprint density at radius 1 is 1.25 bits per heavy atom. The van der Waals surface area contributed by atoms with Gasteiger partial charge in [0, 0.05) is 18.6 Å². The van der Waals surface area contributed by atoms with E-state index in [1.54, 1.807) is 12.1 Å². The number of nitrogens with zero attached hydrogens (tertiary/aromatic N) is 2. The number of likely N-dealkylation sites (N-methyl/N-ethyl adjacent to an activating group) is 3. The third-order valence-electron chi connectivity index (χ3n) is 4.15. The molecule has 0 aliphatic carbocycles. The Balaban J connectivity index is 2.23. The molecule has 0 aromatic heterocycles. The minimum absolute atomic E-state index is 0.171. The Morgan fingerprint density at radius 3 is 2.60 bits per heavy atom. The summed E-state index contributed by atoms with van der Waals surface area (Å²) in [6.07, 6.45) is 1.20. The highest BCUT2D eigenvalue weighted by atomic mass is 19.1. The van der Waals surface area contributed by atoms with Crippen LogP contribution in [0.3, 0.4) is 0 Å². The van der Waals surface area contributed by atoms with Crippen LogP contribution in [0.5, 0.6) is 0 Å². The minimum Gasteiger partial charge on any atom is -0.309 e. The fourth-order valence-corrected chi connectivity index (χ4v) is 3.03.